The van der Waals surface area contributed by atoms with Crippen LogP contribution >= 0.6 is 0 Å². The van der Waals surface area contributed by atoms with Gasteiger partial charge < -0.3 is 24.1 Å². The molecule has 0 aliphatic carbocycles. The molecule has 3 heterocycles. The second-order valence-electron chi connectivity index (χ2n) is 6.83. The number of aliphatic hydroxyl groups excluding tert-OH is 1. The molecule has 0 amide bonds. The average Bonchev–Trinajstić information content (AvgIpc) is 2.86. The molecule has 0 radical (unpaired) electrons. The summed E-state index contributed by atoms with van der Waals surface area (Å²) < 4.78 is 24.5. The Morgan fingerprint density at radius 1 is 1.33 bits per heavy atom. The molecule has 2 aliphatic rings. The first-order valence-corrected chi connectivity index (χ1v) is 7.64. The number of aromatic amines is 1. The molecule has 1 aromatic rings. The van der Waals surface area contributed by atoms with Gasteiger partial charge in [0.15, 0.2) is 12.0 Å². The minimum Gasteiger partial charge on any atom is -0.393 e. The zero-order valence-corrected chi connectivity index (χ0v) is 14.1. The predicted octanol–water partition coefficient (Wildman–Crippen LogP) is -0.647. The van der Waals surface area contributed by atoms with E-state index in [1.807, 2.05) is 0 Å². The summed E-state index contributed by atoms with van der Waals surface area (Å²) in [5.74, 6) is -0.929. The van der Waals surface area contributed by atoms with Gasteiger partial charge in [-0.2, -0.15) is 0 Å². The standard InChI is InChI=1S/C15H22N2O7/c1-13(2)22-10-14(3,24-13)11(23-15(10,7-18)8-21-4)17-6-5-9(19)16-12(17)20/h5-6,10-11,18H,7-8H2,1-4H3,(H,16,19,20). The van der Waals surface area contributed by atoms with Crippen molar-refractivity contribution in [2.45, 2.75) is 50.1 Å². The van der Waals surface area contributed by atoms with Crippen LogP contribution < -0.4 is 11.2 Å². The predicted molar refractivity (Wildman–Crippen MR) is 81.6 cm³/mol. The minimum atomic E-state index is -1.20. The molecule has 0 spiro atoms. The van der Waals surface area contributed by atoms with Crippen molar-refractivity contribution in [3.8, 4) is 0 Å². The highest BCUT2D eigenvalue weighted by molar-refractivity contribution is 5.13. The van der Waals surface area contributed by atoms with Gasteiger partial charge in [0, 0.05) is 19.4 Å². The maximum Gasteiger partial charge on any atom is 0.330 e. The number of H-pyrrole nitrogens is 1. The fourth-order valence-electron chi connectivity index (χ4n) is 3.68. The number of fused-ring (bicyclic) bond motifs is 1. The largest absolute Gasteiger partial charge is 0.393 e. The Balaban J connectivity index is 2.13. The molecule has 9 nitrogen and oxygen atoms in total. The lowest BCUT2D eigenvalue weighted by atomic mass is 9.88. The van der Waals surface area contributed by atoms with Crippen LogP contribution in [0.1, 0.15) is 27.0 Å². The van der Waals surface area contributed by atoms with E-state index >= 15 is 0 Å². The zero-order valence-electron chi connectivity index (χ0n) is 14.1. The molecule has 2 N–H and O–H groups in total. The molecule has 3 rings (SSSR count). The zero-order chi connectivity index (χ0) is 17.8. The van der Waals surface area contributed by atoms with Crippen LogP contribution in [-0.4, -0.2) is 58.1 Å². The molecular formula is C15H22N2O7. The van der Waals surface area contributed by atoms with E-state index in [-0.39, 0.29) is 13.2 Å². The quantitative estimate of drug-likeness (QED) is 0.748. The van der Waals surface area contributed by atoms with Crippen LogP contribution in [0.5, 0.6) is 0 Å². The number of aliphatic hydroxyl groups is 1. The highest BCUT2D eigenvalue weighted by atomic mass is 16.8. The molecule has 9 heteroatoms. The van der Waals surface area contributed by atoms with Gasteiger partial charge in [0.2, 0.25) is 0 Å². The van der Waals surface area contributed by atoms with Crippen molar-refractivity contribution in [3.05, 3.63) is 33.1 Å². The molecule has 24 heavy (non-hydrogen) atoms. The summed E-state index contributed by atoms with van der Waals surface area (Å²) in [5, 5.41) is 9.97. The Morgan fingerprint density at radius 2 is 2.04 bits per heavy atom. The molecular weight excluding hydrogens is 320 g/mol. The molecule has 4 atom stereocenters. The summed E-state index contributed by atoms with van der Waals surface area (Å²) in [5.41, 5.74) is -3.40. The molecule has 4 unspecified atom stereocenters. The van der Waals surface area contributed by atoms with E-state index in [2.05, 4.69) is 4.98 Å². The Kier molecular flexibility index (Phi) is 3.97. The molecule has 2 saturated heterocycles. The molecule has 1 aromatic heterocycles. The fourth-order valence-corrected chi connectivity index (χ4v) is 3.68. The summed E-state index contributed by atoms with van der Waals surface area (Å²) in [6.45, 7) is 4.92. The number of nitrogens with one attached hydrogen (secondary N) is 1. The summed E-state index contributed by atoms with van der Waals surface area (Å²) in [6, 6.07) is 1.22. The van der Waals surface area contributed by atoms with E-state index in [9.17, 15) is 14.7 Å². The van der Waals surface area contributed by atoms with Crippen LogP contribution in [0.15, 0.2) is 21.9 Å². The second-order valence-corrected chi connectivity index (χ2v) is 6.83. The molecule has 134 valence electrons. The van der Waals surface area contributed by atoms with Crippen LogP contribution in [0.25, 0.3) is 0 Å². The number of ether oxygens (including phenoxy) is 4. The SMILES string of the molecule is COCC1(CO)OC(n2ccc(=O)[nH]c2=O)C2(C)OC(C)(C)OC12. The minimum absolute atomic E-state index is 0.0534. The van der Waals surface area contributed by atoms with E-state index in [1.165, 1.54) is 23.9 Å². The lowest BCUT2D eigenvalue weighted by molar-refractivity contribution is -0.246. The Labute approximate surface area is 138 Å². The molecule has 0 bridgehead atoms. The molecule has 0 aromatic carbocycles. The van der Waals surface area contributed by atoms with Gasteiger partial charge in [0.1, 0.15) is 17.3 Å². The lowest BCUT2D eigenvalue weighted by Gasteiger charge is -2.32. The van der Waals surface area contributed by atoms with Gasteiger partial charge in [-0.05, 0) is 20.8 Å². The van der Waals surface area contributed by atoms with Gasteiger partial charge in [0.05, 0.1) is 13.2 Å². The maximum absolute atomic E-state index is 12.2. The van der Waals surface area contributed by atoms with Crippen LogP contribution in [0.4, 0.5) is 0 Å². The first-order chi connectivity index (χ1) is 11.2. The number of aromatic nitrogens is 2. The van der Waals surface area contributed by atoms with E-state index in [0.717, 1.165) is 0 Å². The monoisotopic (exact) mass is 342 g/mol. The van der Waals surface area contributed by atoms with Crippen LogP contribution in [0, 0.1) is 0 Å². The number of hydrogen-bond acceptors (Lipinski definition) is 7. The van der Waals surface area contributed by atoms with Crippen LogP contribution in [-0.2, 0) is 18.9 Å². The van der Waals surface area contributed by atoms with Crippen molar-refractivity contribution in [1.29, 1.82) is 0 Å². The highest BCUT2D eigenvalue weighted by Gasteiger charge is 2.70. The Morgan fingerprint density at radius 3 is 2.62 bits per heavy atom. The van der Waals surface area contributed by atoms with E-state index < -0.39 is 40.6 Å². The van der Waals surface area contributed by atoms with Gasteiger partial charge in [-0.25, -0.2) is 4.79 Å². The third kappa shape index (κ3) is 2.44. The lowest BCUT2D eigenvalue weighted by Crippen LogP contribution is -2.52. The van der Waals surface area contributed by atoms with Gasteiger partial charge in [-0.1, -0.05) is 0 Å². The Hall–Kier alpha value is -1.52. The molecule has 0 saturated carbocycles. The van der Waals surface area contributed by atoms with Crippen LogP contribution in [0.2, 0.25) is 0 Å². The number of rotatable bonds is 4. The summed E-state index contributed by atoms with van der Waals surface area (Å²) in [6.07, 6.45) is -0.243. The smallest absolute Gasteiger partial charge is 0.330 e. The van der Waals surface area contributed by atoms with Crippen molar-refractivity contribution in [2.24, 2.45) is 0 Å². The first kappa shape index (κ1) is 17.3. The van der Waals surface area contributed by atoms with Crippen molar-refractivity contribution in [3.63, 3.8) is 0 Å². The van der Waals surface area contributed by atoms with Gasteiger partial charge >= 0.3 is 5.69 Å². The maximum atomic E-state index is 12.2. The normalized spacial score (nSPS) is 37.5. The van der Waals surface area contributed by atoms with Crippen molar-refractivity contribution >= 4 is 0 Å². The summed E-state index contributed by atoms with van der Waals surface area (Å²) >= 11 is 0. The number of hydrogen-bond donors (Lipinski definition) is 2. The van der Waals surface area contributed by atoms with Crippen molar-refractivity contribution in [1.82, 2.24) is 9.55 Å². The van der Waals surface area contributed by atoms with Gasteiger partial charge in [-0.3, -0.25) is 14.3 Å². The number of methoxy groups -OCH3 is 1. The highest BCUT2D eigenvalue weighted by Crippen LogP contribution is 2.54. The third-order valence-electron chi connectivity index (χ3n) is 4.46. The first-order valence-electron chi connectivity index (χ1n) is 7.64. The molecule has 2 aliphatic heterocycles. The van der Waals surface area contributed by atoms with Gasteiger partial charge in [-0.15, -0.1) is 0 Å². The van der Waals surface area contributed by atoms with Gasteiger partial charge in [0.25, 0.3) is 5.56 Å². The van der Waals surface area contributed by atoms with E-state index in [0.29, 0.717) is 0 Å². The van der Waals surface area contributed by atoms with Crippen LogP contribution in [0.3, 0.4) is 0 Å². The fraction of sp³-hybridized carbons (Fsp3) is 0.733. The third-order valence-corrected chi connectivity index (χ3v) is 4.46. The van der Waals surface area contributed by atoms with E-state index in [4.69, 9.17) is 18.9 Å². The van der Waals surface area contributed by atoms with Crippen molar-refractivity contribution < 1.29 is 24.1 Å². The Bertz CT molecular complexity index is 742. The average molecular weight is 342 g/mol. The summed E-state index contributed by atoms with van der Waals surface area (Å²) in [7, 11) is 1.48. The summed E-state index contributed by atoms with van der Waals surface area (Å²) in [4.78, 5) is 25.7. The van der Waals surface area contributed by atoms with Crippen molar-refractivity contribution in [2.75, 3.05) is 20.3 Å². The number of nitrogens with zero attached hydrogens (tertiary/aromatic N) is 1. The second kappa shape index (κ2) is 5.50. The van der Waals surface area contributed by atoms with E-state index in [1.54, 1.807) is 20.8 Å². The topological polar surface area (TPSA) is 112 Å². The molecule has 2 fully saturated rings.